The average molecular weight is 200 g/mol. The fraction of sp³-hybridized carbons (Fsp3) is 0.900. The molecule has 0 saturated carbocycles. The van der Waals surface area contributed by atoms with Crippen LogP contribution in [0.2, 0.25) is 0 Å². The lowest BCUT2D eigenvalue weighted by molar-refractivity contribution is -0.122. The molecule has 1 amide bonds. The fourth-order valence-electron chi connectivity index (χ4n) is 1.73. The number of carbonyl (C=O) groups is 1. The van der Waals surface area contributed by atoms with Gasteiger partial charge < -0.3 is 15.4 Å². The second-order valence-electron chi connectivity index (χ2n) is 3.76. The molecule has 4 heteroatoms. The summed E-state index contributed by atoms with van der Waals surface area (Å²) in [7, 11) is 1.64. The van der Waals surface area contributed by atoms with E-state index < -0.39 is 0 Å². The molecule has 1 rings (SSSR count). The minimum Gasteiger partial charge on any atom is -0.383 e. The van der Waals surface area contributed by atoms with Crippen molar-refractivity contribution in [3.8, 4) is 0 Å². The van der Waals surface area contributed by atoms with Crippen LogP contribution in [0.1, 0.15) is 19.3 Å². The Morgan fingerprint density at radius 1 is 1.64 bits per heavy atom. The SMILES string of the molecule is COCCNC(=O)CC1CCCNC1. The maximum absolute atomic E-state index is 11.4. The van der Waals surface area contributed by atoms with Crippen molar-refractivity contribution in [2.75, 3.05) is 33.4 Å². The smallest absolute Gasteiger partial charge is 0.220 e. The normalized spacial score (nSPS) is 21.9. The van der Waals surface area contributed by atoms with Crippen molar-refractivity contribution in [3.63, 3.8) is 0 Å². The van der Waals surface area contributed by atoms with Gasteiger partial charge in [-0.05, 0) is 31.8 Å². The molecule has 1 fully saturated rings. The van der Waals surface area contributed by atoms with E-state index in [9.17, 15) is 4.79 Å². The molecule has 0 aromatic carbocycles. The highest BCUT2D eigenvalue weighted by atomic mass is 16.5. The maximum Gasteiger partial charge on any atom is 0.220 e. The number of nitrogens with one attached hydrogen (secondary N) is 2. The zero-order valence-corrected chi connectivity index (χ0v) is 8.84. The van der Waals surface area contributed by atoms with E-state index >= 15 is 0 Å². The Balaban J connectivity index is 2.06. The van der Waals surface area contributed by atoms with E-state index in [0.717, 1.165) is 13.1 Å². The van der Waals surface area contributed by atoms with Crippen molar-refractivity contribution < 1.29 is 9.53 Å². The van der Waals surface area contributed by atoms with Gasteiger partial charge in [0.2, 0.25) is 5.91 Å². The molecule has 0 aliphatic carbocycles. The molecule has 4 nitrogen and oxygen atoms in total. The highest BCUT2D eigenvalue weighted by Crippen LogP contribution is 2.13. The van der Waals surface area contributed by atoms with Crippen LogP contribution in [0.5, 0.6) is 0 Å². The van der Waals surface area contributed by atoms with Gasteiger partial charge in [-0.3, -0.25) is 4.79 Å². The number of ether oxygens (including phenoxy) is 1. The summed E-state index contributed by atoms with van der Waals surface area (Å²) < 4.78 is 4.86. The molecule has 0 aromatic rings. The molecule has 1 unspecified atom stereocenters. The molecule has 82 valence electrons. The highest BCUT2D eigenvalue weighted by Gasteiger charge is 2.15. The first-order chi connectivity index (χ1) is 6.83. The van der Waals surface area contributed by atoms with Gasteiger partial charge in [0.05, 0.1) is 6.61 Å². The number of amides is 1. The quantitative estimate of drug-likeness (QED) is 0.621. The Morgan fingerprint density at radius 3 is 3.14 bits per heavy atom. The van der Waals surface area contributed by atoms with E-state index in [1.165, 1.54) is 12.8 Å². The minimum atomic E-state index is 0.149. The molecule has 1 saturated heterocycles. The fourth-order valence-corrected chi connectivity index (χ4v) is 1.73. The van der Waals surface area contributed by atoms with Crippen molar-refractivity contribution >= 4 is 5.91 Å². The van der Waals surface area contributed by atoms with E-state index in [1.807, 2.05) is 0 Å². The van der Waals surface area contributed by atoms with Crippen molar-refractivity contribution in [1.82, 2.24) is 10.6 Å². The third-order valence-electron chi connectivity index (χ3n) is 2.50. The van der Waals surface area contributed by atoms with Gasteiger partial charge in [0, 0.05) is 20.1 Å². The zero-order valence-electron chi connectivity index (χ0n) is 8.84. The van der Waals surface area contributed by atoms with Crippen LogP contribution in [-0.4, -0.2) is 39.3 Å². The van der Waals surface area contributed by atoms with Crippen LogP contribution in [0.4, 0.5) is 0 Å². The first-order valence-electron chi connectivity index (χ1n) is 5.29. The molecule has 1 heterocycles. The van der Waals surface area contributed by atoms with Gasteiger partial charge in [-0.2, -0.15) is 0 Å². The third kappa shape index (κ3) is 4.58. The van der Waals surface area contributed by atoms with Crippen LogP contribution in [0, 0.1) is 5.92 Å². The topological polar surface area (TPSA) is 50.4 Å². The summed E-state index contributed by atoms with van der Waals surface area (Å²) in [6, 6.07) is 0. The minimum absolute atomic E-state index is 0.149. The van der Waals surface area contributed by atoms with Gasteiger partial charge in [-0.15, -0.1) is 0 Å². The molecule has 0 radical (unpaired) electrons. The van der Waals surface area contributed by atoms with Crippen molar-refractivity contribution in [3.05, 3.63) is 0 Å². The molecule has 0 bridgehead atoms. The predicted molar refractivity (Wildman–Crippen MR) is 55.1 cm³/mol. The van der Waals surface area contributed by atoms with Crippen LogP contribution in [0.25, 0.3) is 0 Å². The third-order valence-corrected chi connectivity index (χ3v) is 2.50. The number of piperidine rings is 1. The Hall–Kier alpha value is -0.610. The molecule has 0 aromatic heterocycles. The van der Waals surface area contributed by atoms with Gasteiger partial charge in [0.25, 0.3) is 0 Å². The second kappa shape index (κ2) is 6.79. The van der Waals surface area contributed by atoms with E-state index in [0.29, 0.717) is 25.5 Å². The number of methoxy groups -OCH3 is 1. The molecule has 14 heavy (non-hydrogen) atoms. The lowest BCUT2D eigenvalue weighted by Gasteiger charge is -2.21. The van der Waals surface area contributed by atoms with E-state index in [4.69, 9.17) is 4.74 Å². The lowest BCUT2D eigenvalue weighted by atomic mass is 9.96. The van der Waals surface area contributed by atoms with Gasteiger partial charge in [0.1, 0.15) is 0 Å². The second-order valence-corrected chi connectivity index (χ2v) is 3.76. The molecular formula is C10H20N2O2. The number of rotatable bonds is 5. The van der Waals surface area contributed by atoms with E-state index in [1.54, 1.807) is 7.11 Å². The van der Waals surface area contributed by atoms with E-state index in [-0.39, 0.29) is 5.91 Å². The van der Waals surface area contributed by atoms with Crippen molar-refractivity contribution in [1.29, 1.82) is 0 Å². The summed E-state index contributed by atoms with van der Waals surface area (Å²) in [5.41, 5.74) is 0. The summed E-state index contributed by atoms with van der Waals surface area (Å²) in [6.45, 7) is 3.30. The Bertz CT molecular complexity index is 168. The average Bonchev–Trinajstić information content (AvgIpc) is 2.20. The van der Waals surface area contributed by atoms with Crippen LogP contribution in [0.3, 0.4) is 0 Å². The Kier molecular flexibility index (Phi) is 5.56. The van der Waals surface area contributed by atoms with Crippen LogP contribution in [0.15, 0.2) is 0 Å². The summed E-state index contributed by atoms with van der Waals surface area (Å²) in [4.78, 5) is 11.4. The molecule has 0 spiro atoms. The summed E-state index contributed by atoms with van der Waals surface area (Å²) >= 11 is 0. The molecule has 1 atom stereocenters. The van der Waals surface area contributed by atoms with Crippen LogP contribution < -0.4 is 10.6 Å². The van der Waals surface area contributed by atoms with Gasteiger partial charge in [0.15, 0.2) is 0 Å². The summed E-state index contributed by atoms with van der Waals surface area (Å²) in [5, 5.41) is 6.14. The van der Waals surface area contributed by atoms with Gasteiger partial charge >= 0.3 is 0 Å². The van der Waals surface area contributed by atoms with Crippen LogP contribution >= 0.6 is 0 Å². The molecule has 1 aliphatic rings. The lowest BCUT2D eigenvalue weighted by Crippen LogP contribution is -2.35. The monoisotopic (exact) mass is 200 g/mol. The summed E-state index contributed by atoms with van der Waals surface area (Å²) in [6.07, 6.45) is 3.01. The van der Waals surface area contributed by atoms with E-state index in [2.05, 4.69) is 10.6 Å². The summed E-state index contributed by atoms with van der Waals surface area (Å²) in [5.74, 6) is 0.669. The molecule has 1 aliphatic heterocycles. The number of carbonyl (C=O) groups excluding carboxylic acids is 1. The van der Waals surface area contributed by atoms with Crippen molar-refractivity contribution in [2.24, 2.45) is 5.92 Å². The molecular weight excluding hydrogens is 180 g/mol. The number of hydrogen-bond acceptors (Lipinski definition) is 3. The standard InChI is InChI=1S/C10H20N2O2/c1-14-6-5-12-10(13)7-9-3-2-4-11-8-9/h9,11H,2-8H2,1H3,(H,12,13). The largest absolute Gasteiger partial charge is 0.383 e. The van der Waals surface area contributed by atoms with Crippen molar-refractivity contribution in [2.45, 2.75) is 19.3 Å². The number of hydrogen-bond donors (Lipinski definition) is 2. The Labute approximate surface area is 85.4 Å². The van der Waals surface area contributed by atoms with Crippen LogP contribution in [-0.2, 0) is 9.53 Å². The maximum atomic E-state index is 11.4. The first kappa shape index (κ1) is 11.5. The Morgan fingerprint density at radius 2 is 2.50 bits per heavy atom. The predicted octanol–water partition coefficient (Wildman–Crippen LogP) is 0.139. The highest BCUT2D eigenvalue weighted by molar-refractivity contribution is 5.76. The van der Waals surface area contributed by atoms with Gasteiger partial charge in [-0.1, -0.05) is 0 Å². The van der Waals surface area contributed by atoms with Gasteiger partial charge in [-0.25, -0.2) is 0 Å². The first-order valence-corrected chi connectivity index (χ1v) is 5.29. The zero-order chi connectivity index (χ0) is 10.2. The molecule has 2 N–H and O–H groups in total.